The molecule has 4 heteroatoms. The molecular weight excluding hydrogens is 284 g/mol. The highest BCUT2D eigenvalue weighted by Crippen LogP contribution is 2.28. The molecule has 0 spiro atoms. The lowest BCUT2D eigenvalue weighted by Crippen LogP contribution is -2.13. The van der Waals surface area contributed by atoms with Crippen LogP contribution in [0.25, 0.3) is 0 Å². The molecule has 0 saturated carbocycles. The Bertz CT molecular complexity index is 833. The number of benzene rings is 2. The molecule has 0 fully saturated rings. The Morgan fingerprint density at radius 3 is 1.70 bits per heavy atom. The Balaban J connectivity index is 2.11. The molecule has 3 aromatic rings. The molecule has 0 aliphatic heterocycles. The van der Waals surface area contributed by atoms with Crippen molar-refractivity contribution in [2.45, 2.75) is 13.0 Å². The minimum absolute atomic E-state index is 0.0435. The van der Waals surface area contributed by atoms with Crippen molar-refractivity contribution in [3.8, 4) is 12.1 Å². The highest BCUT2D eigenvalue weighted by molar-refractivity contribution is 5.40. The van der Waals surface area contributed by atoms with Crippen LogP contribution in [0.4, 0.5) is 0 Å². The topological polar surface area (TPSA) is 65.4 Å². The van der Waals surface area contributed by atoms with Crippen molar-refractivity contribution in [3.63, 3.8) is 0 Å². The molecule has 0 atom stereocenters. The average Bonchev–Trinajstić information content (AvgIpc) is 3.02. The summed E-state index contributed by atoms with van der Waals surface area (Å²) in [7, 11) is 0. The second kappa shape index (κ2) is 6.17. The summed E-state index contributed by atoms with van der Waals surface area (Å²) in [6.45, 7) is 1.96. The van der Waals surface area contributed by atoms with Crippen molar-refractivity contribution in [2.24, 2.45) is 0 Å². The highest BCUT2D eigenvalue weighted by atomic mass is 15.1. The van der Waals surface area contributed by atoms with Crippen molar-refractivity contribution in [1.82, 2.24) is 9.55 Å². The second-order valence-corrected chi connectivity index (χ2v) is 5.25. The van der Waals surface area contributed by atoms with Crippen molar-refractivity contribution in [2.75, 3.05) is 0 Å². The van der Waals surface area contributed by atoms with Crippen LogP contribution in [0, 0.1) is 29.6 Å². The van der Waals surface area contributed by atoms with Crippen molar-refractivity contribution < 1.29 is 0 Å². The monoisotopic (exact) mass is 298 g/mol. The van der Waals surface area contributed by atoms with Crippen LogP contribution in [0.3, 0.4) is 0 Å². The molecule has 0 saturated heterocycles. The fraction of sp³-hybridized carbons (Fsp3) is 0.105. The average molecular weight is 298 g/mol. The Morgan fingerprint density at radius 2 is 1.35 bits per heavy atom. The number of aryl methyl sites for hydroxylation is 1. The number of nitriles is 2. The molecule has 0 aliphatic rings. The molecule has 0 unspecified atom stereocenters. The molecule has 0 aliphatic carbocycles. The van der Waals surface area contributed by atoms with Gasteiger partial charge in [0.05, 0.1) is 29.3 Å². The Kier molecular flexibility index (Phi) is 3.91. The fourth-order valence-electron chi connectivity index (χ4n) is 2.65. The normalized spacial score (nSPS) is 10.3. The summed E-state index contributed by atoms with van der Waals surface area (Å²) in [6.07, 6.45) is 3.71. The molecule has 1 heterocycles. The summed E-state index contributed by atoms with van der Waals surface area (Å²) < 4.78 is 2.09. The van der Waals surface area contributed by atoms with E-state index in [1.807, 2.05) is 61.7 Å². The van der Waals surface area contributed by atoms with E-state index in [1.54, 1.807) is 6.20 Å². The lowest BCUT2D eigenvalue weighted by Gasteiger charge is -2.21. The first-order valence-electron chi connectivity index (χ1n) is 7.22. The SMILES string of the molecule is Cc1nccn1C(c1ccc(C#N)cc1)c1ccc(C#N)cc1. The molecule has 23 heavy (non-hydrogen) atoms. The maximum atomic E-state index is 8.97. The van der Waals surface area contributed by atoms with E-state index in [2.05, 4.69) is 21.7 Å². The van der Waals surface area contributed by atoms with Crippen LogP contribution in [0.5, 0.6) is 0 Å². The zero-order valence-corrected chi connectivity index (χ0v) is 12.6. The van der Waals surface area contributed by atoms with Crippen molar-refractivity contribution in [1.29, 1.82) is 10.5 Å². The summed E-state index contributed by atoms with van der Waals surface area (Å²) >= 11 is 0. The molecule has 4 nitrogen and oxygen atoms in total. The van der Waals surface area contributed by atoms with Gasteiger partial charge in [0.25, 0.3) is 0 Å². The van der Waals surface area contributed by atoms with Crippen LogP contribution in [-0.4, -0.2) is 9.55 Å². The number of imidazole rings is 1. The smallest absolute Gasteiger partial charge is 0.106 e. The Hall–Kier alpha value is -3.37. The molecular formula is C19H14N4. The van der Waals surface area contributed by atoms with Crippen LogP contribution >= 0.6 is 0 Å². The van der Waals surface area contributed by atoms with Crippen LogP contribution in [0.1, 0.15) is 34.1 Å². The third-order valence-electron chi connectivity index (χ3n) is 3.85. The molecule has 1 aromatic heterocycles. The predicted octanol–water partition coefficient (Wildman–Crippen LogP) is 3.57. The van der Waals surface area contributed by atoms with Crippen LogP contribution in [0.2, 0.25) is 0 Å². The van der Waals surface area contributed by atoms with E-state index in [1.165, 1.54) is 0 Å². The van der Waals surface area contributed by atoms with E-state index in [-0.39, 0.29) is 6.04 Å². The third kappa shape index (κ3) is 2.84. The Labute approximate surface area is 134 Å². The minimum Gasteiger partial charge on any atom is -0.324 e. The first-order chi connectivity index (χ1) is 11.2. The van der Waals surface area contributed by atoms with E-state index in [4.69, 9.17) is 10.5 Å². The maximum absolute atomic E-state index is 8.97. The van der Waals surface area contributed by atoms with Crippen LogP contribution < -0.4 is 0 Å². The maximum Gasteiger partial charge on any atom is 0.106 e. The van der Waals surface area contributed by atoms with Gasteiger partial charge in [-0.2, -0.15) is 10.5 Å². The largest absolute Gasteiger partial charge is 0.324 e. The highest BCUT2D eigenvalue weighted by Gasteiger charge is 2.17. The van der Waals surface area contributed by atoms with Gasteiger partial charge in [-0.3, -0.25) is 0 Å². The van der Waals surface area contributed by atoms with Gasteiger partial charge < -0.3 is 4.57 Å². The van der Waals surface area contributed by atoms with Crippen LogP contribution in [0.15, 0.2) is 60.9 Å². The zero-order valence-electron chi connectivity index (χ0n) is 12.6. The lowest BCUT2D eigenvalue weighted by atomic mass is 9.96. The first kappa shape index (κ1) is 14.6. The quantitative estimate of drug-likeness (QED) is 0.742. The van der Waals surface area contributed by atoms with Crippen molar-refractivity contribution in [3.05, 3.63) is 89.0 Å². The van der Waals surface area contributed by atoms with E-state index in [0.29, 0.717) is 11.1 Å². The number of nitrogens with zero attached hydrogens (tertiary/aromatic N) is 4. The fourth-order valence-corrected chi connectivity index (χ4v) is 2.65. The van der Waals surface area contributed by atoms with Gasteiger partial charge in [-0.15, -0.1) is 0 Å². The Morgan fingerprint density at radius 1 is 0.870 bits per heavy atom. The summed E-state index contributed by atoms with van der Waals surface area (Å²) in [4.78, 5) is 4.31. The van der Waals surface area contributed by atoms with Gasteiger partial charge in [-0.25, -0.2) is 4.98 Å². The van der Waals surface area contributed by atoms with Gasteiger partial charge in [-0.1, -0.05) is 24.3 Å². The van der Waals surface area contributed by atoms with Gasteiger partial charge in [0.1, 0.15) is 5.82 Å². The minimum atomic E-state index is -0.0435. The van der Waals surface area contributed by atoms with Crippen molar-refractivity contribution >= 4 is 0 Å². The molecule has 0 amide bonds. The summed E-state index contributed by atoms with van der Waals surface area (Å²) in [5.41, 5.74) is 3.40. The van der Waals surface area contributed by atoms with Gasteiger partial charge in [0.15, 0.2) is 0 Å². The van der Waals surface area contributed by atoms with E-state index >= 15 is 0 Å². The van der Waals surface area contributed by atoms with Crippen LogP contribution in [-0.2, 0) is 0 Å². The van der Waals surface area contributed by atoms with E-state index < -0.39 is 0 Å². The molecule has 2 aromatic carbocycles. The van der Waals surface area contributed by atoms with Gasteiger partial charge in [0.2, 0.25) is 0 Å². The number of hydrogen-bond donors (Lipinski definition) is 0. The number of aromatic nitrogens is 2. The molecule has 0 bridgehead atoms. The van der Waals surface area contributed by atoms with Gasteiger partial charge in [0, 0.05) is 12.4 Å². The molecule has 0 radical (unpaired) electrons. The predicted molar refractivity (Wildman–Crippen MR) is 86.5 cm³/mol. The molecule has 0 N–H and O–H groups in total. The number of rotatable bonds is 3. The van der Waals surface area contributed by atoms with Gasteiger partial charge in [-0.05, 0) is 42.3 Å². The third-order valence-corrected chi connectivity index (χ3v) is 3.85. The second-order valence-electron chi connectivity index (χ2n) is 5.25. The van der Waals surface area contributed by atoms with E-state index in [9.17, 15) is 0 Å². The summed E-state index contributed by atoms with van der Waals surface area (Å²) in [5, 5.41) is 17.9. The summed E-state index contributed by atoms with van der Waals surface area (Å²) in [5.74, 6) is 0.906. The summed E-state index contributed by atoms with van der Waals surface area (Å²) in [6, 6.07) is 19.3. The van der Waals surface area contributed by atoms with Gasteiger partial charge >= 0.3 is 0 Å². The lowest BCUT2D eigenvalue weighted by molar-refractivity contribution is 0.654. The van der Waals surface area contributed by atoms with E-state index in [0.717, 1.165) is 17.0 Å². The number of hydrogen-bond acceptors (Lipinski definition) is 3. The first-order valence-corrected chi connectivity index (χ1v) is 7.22. The molecule has 3 rings (SSSR count). The zero-order chi connectivity index (χ0) is 16.2. The standard InChI is InChI=1S/C19H14N4/c1-14-22-10-11-23(14)19(17-6-2-15(12-20)3-7-17)18-8-4-16(13-21)5-9-18/h2-11,19H,1H3. The molecule has 110 valence electrons.